The Labute approximate surface area is 435 Å². The number of hydrogen-bond donors (Lipinski definition) is 0. The number of anilines is 3. The van der Waals surface area contributed by atoms with E-state index in [1.165, 1.54) is 91.7 Å². The molecule has 0 N–H and O–H groups in total. The second kappa shape index (κ2) is 17.2. The van der Waals surface area contributed by atoms with E-state index in [2.05, 4.69) is 283 Å². The first-order valence-electron chi connectivity index (χ1n) is 26.0. The van der Waals surface area contributed by atoms with Gasteiger partial charge >= 0.3 is 0 Å². The van der Waals surface area contributed by atoms with Crippen LogP contribution in [0.5, 0.6) is 0 Å². The fourth-order valence-corrected chi connectivity index (χ4v) is 14.6. The molecular formula is C71H50N2S. The first-order valence-corrected chi connectivity index (χ1v) is 26.8. The maximum atomic E-state index is 2.57. The molecule has 0 amide bonds. The van der Waals surface area contributed by atoms with Gasteiger partial charge in [0.1, 0.15) is 0 Å². The summed E-state index contributed by atoms with van der Waals surface area (Å²) in [6.07, 6.45) is 19.8. The van der Waals surface area contributed by atoms with Crippen LogP contribution in [0.4, 0.5) is 17.1 Å². The van der Waals surface area contributed by atoms with Crippen LogP contribution in [-0.2, 0) is 5.41 Å². The summed E-state index contributed by atoms with van der Waals surface area (Å²) in [5.41, 5.74) is 15.8. The van der Waals surface area contributed by atoms with Crippen LogP contribution in [0.25, 0.3) is 80.7 Å². The number of fused-ring (bicyclic) bond motifs is 13. The molecule has 350 valence electrons. The van der Waals surface area contributed by atoms with Gasteiger partial charge in [-0.25, -0.2) is 0 Å². The highest BCUT2D eigenvalue weighted by molar-refractivity contribution is 7.27. The zero-order valence-corrected chi connectivity index (χ0v) is 41.5. The molecule has 3 aliphatic rings. The number of nitrogens with zero attached hydrogens (tertiary/aromatic N) is 2. The number of para-hydroxylation sites is 1. The Bertz CT molecular complexity index is 4270. The molecule has 0 radical (unpaired) electrons. The third-order valence-electron chi connectivity index (χ3n) is 16.5. The molecule has 2 nitrogen and oxygen atoms in total. The van der Waals surface area contributed by atoms with Crippen molar-refractivity contribution in [3.8, 4) is 27.9 Å². The Balaban J connectivity index is 1.01. The average Bonchev–Trinajstić information content (AvgIpc) is 4.24. The fourth-order valence-electron chi connectivity index (χ4n) is 13.4. The van der Waals surface area contributed by atoms with Crippen LogP contribution in [0.1, 0.15) is 29.0 Å². The molecule has 0 fully saturated rings. The van der Waals surface area contributed by atoms with Gasteiger partial charge in [0.2, 0.25) is 0 Å². The van der Waals surface area contributed by atoms with Crippen LogP contribution < -0.4 is 4.90 Å². The summed E-state index contributed by atoms with van der Waals surface area (Å²) >= 11 is 1.92. The van der Waals surface area contributed by atoms with Crippen molar-refractivity contribution in [1.29, 1.82) is 0 Å². The Morgan fingerprint density at radius 1 is 0.459 bits per heavy atom. The summed E-state index contributed by atoms with van der Waals surface area (Å²) in [5.74, 6) is 0.823. The minimum Gasteiger partial charge on any atom is -0.310 e. The predicted octanol–water partition coefficient (Wildman–Crippen LogP) is 19.4. The van der Waals surface area contributed by atoms with Crippen molar-refractivity contribution in [2.45, 2.75) is 17.8 Å². The summed E-state index contributed by atoms with van der Waals surface area (Å²) < 4.78 is 5.12. The minimum absolute atomic E-state index is 0.271. The maximum Gasteiger partial charge on any atom is 0.0626 e. The molecule has 74 heavy (non-hydrogen) atoms. The molecule has 0 saturated carbocycles. The van der Waals surface area contributed by atoms with E-state index < -0.39 is 0 Å². The molecule has 0 saturated heterocycles. The summed E-state index contributed by atoms with van der Waals surface area (Å²) in [4.78, 5) is 2.52. The van der Waals surface area contributed by atoms with Crippen LogP contribution in [0.3, 0.4) is 0 Å². The quantitative estimate of drug-likeness (QED) is 0.147. The van der Waals surface area contributed by atoms with Crippen LogP contribution in [-0.4, -0.2) is 4.57 Å². The Morgan fingerprint density at radius 2 is 1.08 bits per heavy atom. The highest BCUT2D eigenvalue weighted by Crippen LogP contribution is 2.62. The van der Waals surface area contributed by atoms with E-state index in [1.807, 2.05) is 11.3 Å². The summed E-state index contributed by atoms with van der Waals surface area (Å²) in [5, 5.41) is 7.67. The van der Waals surface area contributed by atoms with E-state index in [0.29, 0.717) is 0 Å². The van der Waals surface area contributed by atoms with E-state index in [4.69, 9.17) is 0 Å². The molecule has 4 unspecified atom stereocenters. The molecule has 2 aromatic heterocycles. The van der Waals surface area contributed by atoms with Gasteiger partial charge in [-0.05, 0) is 112 Å². The van der Waals surface area contributed by atoms with E-state index >= 15 is 0 Å². The smallest absolute Gasteiger partial charge is 0.0626 e. The van der Waals surface area contributed by atoms with Crippen molar-refractivity contribution in [2.75, 3.05) is 4.90 Å². The van der Waals surface area contributed by atoms with Crippen molar-refractivity contribution >= 4 is 81.1 Å². The van der Waals surface area contributed by atoms with Gasteiger partial charge in [-0.3, -0.25) is 0 Å². The number of aromatic nitrogens is 1. The molecule has 10 aromatic carbocycles. The van der Waals surface area contributed by atoms with Gasteiger partial charge in [-0.2, -0.15) is 0 Å². The molecule has 0 aliphatic heterocycles. The second-order valence-electron chi connectivity index (χ2n) is 20.3. The minimum atomic E-state index is -0.282. The topological polar surface area (TPSA) is 8.17 Å². The standard InChI is InChI=1S/C71H50N2S/c1-6-20-47(21-7-1)49-34-37-54(38-35-49)72(56-39-42-58-57-30-18-19-33-63(57)71(64(58)46-56,51-24-10-3-11-25-51)52-26-12-4-13-27-52)55-40-43-66-62(45-55)68-67-61-41-36-50(48-22-8-2-9-23-48)44-65(61)73(53-28-14-5-15-29-53)69(67)59-31-16-17-32-60(59)70(68)74-66/h1-26,28-46,52,57,63H,27H2. The molecular weight excluding hydrogens is 913 g/mol. The fraction of sp³-hybridized carbons (Fsp3) is 0.0704. The Kier molecular flexibility index (Phi) is 9.96. The van der Waals surface area contributed by atoms with Crippen molar-refractivity contribution in [3.63, 3.8) is 0 Å². The molecule has 0 bridgehead atoms. The third kappa shape index (κ3) is 6.49. The summed E-state index contributed by atoms with van der Waals surface area (Å²) in [6, 6.07) is 83.9. The first-order chi connectivity index (χ1) is 36.7. The largest absolute Gasteiger partial charge is 0.310 e. The van der Waals surface area contributed by atoms with E-state index in [1.54, 1.807) is 0 Å². The number of rotatable bonds is 8. The number of hydrogen-bond acceptors (Lipinski definition) is 2. The average molecular weight is 963 g/mol. The monoisotopic (exact) mass is 962 g/mol. The molecule has 2 heterocycles. The Hall–Kier alpha value is -8.76. The summed E-state index contributed by atoms with van der Waals surface area (Å²) in [6.45, 7) is 0. The first kappa shape index (κ1) is 42.9. The molecule has 3 heteroatoms. The van der Waals surface area contributed by atoms with Crippen LogP contribution in [0, 0.1) is 11.8 Å². The van der Waals surface area contributed by atoms with Gasteiger partial charge in [0.15, 0.2) is 0 Å². The maximum absolute atomic E-state index is 2.57. The van der Waals surface area contributed by atoms with Gasteiger partial charge in [0, 0.05) is 81.7 Å². The highest BCUT2D eigenvalue weighted by Gasteiger charge is 2.55. The number of thiophene rings is 1. The lowest BCUT2D eigenvalue weighted by Crippen LogP contribution is -2.40. The normalized spacial score (nSPS) is 18.7. The van der Waals surface area contributed by atoms with E-state index in [0.717, 1.165) is 29.2 Å². The van der Waals surface area contributed by atoms with Gasteiger partial charge in [-0.1, -0.05) is 212 Å². The van der Waals surface area contributed by atoms with Crippen molar-refractivity contribution in [2.24, 2.45) is 11.8 Å². The van der Waals surface area contributed by atoms with Crippen molar-refractivity contribution in [3.05, 3.63) is 290 Å². The van der Waals surface area contributed by atoms with Gasteiger partial charge < -0.3 is 9.47 Å². The zero-order valence-electron chi connectivity index (χ0n) is 40.7. The molecule has 15 rings (SSSR count). The predicted molar refractivity (Wildman–Crippen MR) is 315 cm³/mol. The lowest BCUT2D eigenvalue weighted by atomic mass is 9.58. The van der Waals surface area contributed by atoms with Gasteiger partial charge in [-0.15, -0.1) is 11.3 Å². The van der Waals surface area contributed by atoms with Gasteiger partial charge in [0.25, 0.3) is 0 Å². The highest BCUT2D eigenvalue weighted by atomic mass is 32.1. The zero-order chi connectivity index (χ0) is 48.7. The molecule has 0 spiro atoms. The molecule has 4 atom stereocenters. The van der Waals surface area contributed by atoms with E-state index in [9.17, 15) is 0 Å². The lowest BCUT2D eigenvalue weighted by molar-refractivity contribution is 0.301. The third-order valence-corrected chi connectivity index (χ3v) is 17.7. The van der Waals surface area contributed by atoms with Crippen LogP contribution in [0.15, 0.2) is 273 Å². The lowest BCUT2D eigenvalue weighted by Gasteiger charge is -2.44. The van der Waals surface area contributed by atoms with Crippen LogP contribution >= 0.6 is 11.3 Å². The van der Waals surface area contributed by atoms with Crippen LogP contribution in [0.2, 0.25) is 0 Å². The number of allylic oxidation sites excluding steroid dienone is 8. The van der Waals surface area contributed by atoms with Crippen molar-refractivity contribution in [1.82, 2.24) is 4.57 Å². The van der Waals surface area contributed by atoms with E-state index in [-0.39, 0.29) is 23.2 Å². The molecule has 12 aromatic rings. The van der Waals surface area contributed by atoms with Gasteiger partial charge in [0.05, 0.1) is 11.0 Å². The molecule has 3 aliphatic carbocycles. The Morgan fingerprint density at radius 3 is 1.84 bits per heavy atom. The summed E-state index contributed by atoms with van der Waals surface area (Å²) in [7, 11) is 0. The number of benzene rings is 10. The second-order valence-corrected chi connectivity index (χ2v) is 21.3. The SMILES string of the molecule is C1=CCC(C2(c3ccccc3)c3cc(N(c4ccc(-c5ccccc5)cc4)c4ccc5sc6c7ccccc7c7c(c8ccc(-c9ccccc9)cc8n7-c7ccccc7)c6c5c4)ccc3C3C=CC=CC32)C=C1. The van der Waals surface area contributed by atoms with Crippen molar-refractivity contribution < 1.29 is 0 Å².